The average molecular weight is 374 g/mol. The first-order valence-corrected chi connectivity index (χ1v) is 10.6. The Morgan fingerprint density at radius 3 is 2.85 bits per heavy atom. The first-order chi connectivity index (χ1) is 12.8. The lowest BCUT2D eigenvalue weighted by atomic mass is 9.96. The van der Waals surface area contributed by atoms with Crippen LogP contribution in [0.15, 0.2) is 24.3 Å². The maximum Gasteiger partial charge on any atom is 0.223 e. The van der Waals surface area contributed by atoms with E-state index in [9.17, 15) is 4.79 Å². The van der Waals surface area contributed by atoms with Crippen LogP contribution in [-0.2, 0) is 9.53 Å². The Bertz CT molecular complexity index is 700. The number of fused-ring (bicyclic) bond motifs is 1. The van der Waals surface area contributed by atoms with Crippen molar-refractivity contribution in [1.82, 2.24) is 10.3 Å². The topological polar surface area (TPSA) is 54.5 Å². The van der Waals surface area contributed by atoms with Crippen molar-refractivity contribution >= 4 is 32.6 Å². The third-order valence-corrected chi connectivity index (χ3v) is 6.56. The highest BCUT2D eigenvalue weighted by Gasteiger charge is 2.26. The highest BCUT2D eigenvalue weighted by atomic mass is 32.1. The minimum absolute atomic E-state index is 0.132. The van der Waals surface area contributed by atoms with E-state index in [1.54, 1.807) is 11.3 Å². The van der Waals surface area contributed by atoms with E-state index >= 15 is 0 Å². The van der Waals surface area contributed by atoms with Gasteiger partial charge in [-0.2, -0.15) is 0 Å². The Morgan fingerprint density at radius 1 is 1.23 bits per heavy atom. The van der Waals surface area contributed by atoms with E-state index in [1.807, 2.05) is 6.07 Å². The summed E-state index contributed by atoms with van der Waals surface area (Å²) in [5.41, 5.74) is 1.07. The Morgan fingerprint density at radius 2 is 2.08 bits per heavy atom. The predicted octanol–water partition coefficient (Wildman–Crippen LogP) is 3.59. The van der Waals surface area contributed by atoms with Gasteiger partial charge in [-0.05, 0) is 50.7 Å². The molecule has 1 amide bonds. The zero-order valence-electron chi connectivity index (χ0n) is 15.2. The van der Waals surface area contributed by atoms with Crippen LogP contribution in [0.5, 0.6) is 0 Å². The van der Waals surface area contributed by atoms with E-state index < -0.39 is 0 Å². The zero-order chi connectivity index (χ0) is 17.8. The number of carbonyl (C=O) groups excluding carboxylic acids is 1. The number of ether oxygens (including phenoxy) is 1. The molecule has 2 aromatic rings. The van der Waals surface area contributed by atoms with Crippen molar-refractivity contribution in [2.75, 3.05) is 31.1 Å². The average Bonchev–Trinajstić information content (AvgIpc) is 3.13. The molecule has 1 unspecified atom stereocenters. The molecule has 2 aliphatic heterocycles. The second-order valence-electron chi connectivity index (χ2n) is 7.29. The SMILES string of the molecule is O=C(NCCC1CCCCO1)C1CCN(c2nc3ccccc3s2)CC1. The molecule has 6 heteroatoms. The Labute approximate surface area is 158 Å². The van der Waals surface area contributed by atoms with Gasteiger partial charge in [-0.25, -0.2) is 4.98 Å². The predicted molar refractivity (Wildman–Crippen MR) is 106 cm³/mol. The number of aromatic nitrogens is 1. The van der Waals surface area contributed by atoms with Crippen molar-refractivity contribution < 1.29 is 9.53 Å². The lowest BCUT2D eigenvalue weighted by Gasteiger charge is -2.31. The fourth-order valence-electron chi connectivity index (χ4n) is 3.86. The second-order valence-corrected chi connectivity index (χ2v) is 8.30. The summed E-state index contributed by atoms with van der Waals surface area (Å²) >= 11 is 1.74. The first kappa shape index (κ1) is 17.7. The van der Waals surface area contributed by atoms with Crippen LogP contribution >= 0.6 is 11.3 Å². The summed E-state index contributed by atoms with van der Waals surface area (Å²) in [7, 11) is 0. The molecule has 26 heavy (non-hydrogen) atoms. The summed E-state index contributed by atoms with van der Waals surface area (Å²) in [5, 5.41) is 4.21. The smallest absolute Gasteiger partial charge is 0.223 e. The van der Waals surface area contributed by atoms with Gasteiger partial charge in [-0.15, -0.1) is 0 Å². The Balaban J connectivity index is 1.23. The highest BCUT2D eigenvalue weighted by molar-refractivity contribution is 7.22. The quantitative estimate of drug-likeness (QED) is 0.870. The van der Waals surface area contributed by atoms with Gasteiger partial charge in [0.15, 0.2) is 5.13 Å². The maximum atomic E-state index is 12.4. The minimum atomic E-state index is 0.132. The molecule has 0 aliphatic carbocycles. The monoisotopic (exact) mass is 373 g/mol. The van der Waals surface area contributed by atoms with Gasteiger partial charge < -0.3 is 15.0 Å². The van der Waals surface area contributed by atoms with Gasteiger partial charge in [0, 0.05) is 32.2 Å². The summed E-state index contributed by atoms with van der Waals surface area (Å²) in [6, 6.07) is 8.26. The lowest BCUT2D eigenvalue weighted by molar-refractivity contribution is -0.125. The van der Waals surface area contributed by atoms with Crippen molar-refractivity contribution in [3.05, 3.63) is 24.3 Å². The highest BCUT2D eigenvalue weighted by Crippen LogP contribution is 2.31. The third-order valence-electron chi connectivity index (χ3n) is 5.46. The third kappa shape index (κ3) is 4.18. The molecule has 1 N–H and O–H groups in total. The van der Waals surface area contributed by atoms with Gasteiger partial charge in [-0.3, -0.25) is 4.79 Å². The molecule has 1 aromatic heterocycles. The van der Waals surface area contributed by atoms with Crippen molar-refractivity contribution in [2.45, 2.75) is 44.6 Å². The van der Waals surface area contributed by atoms with Crippen LogP contribution in [0.2, 0.25) is 0 Å². The molecule has 0 spiro atoms. The van der Waals surface area contributed by atoms with E-state index in [0.717, 1.165) is 62.6 Å². The molecule has 1 aromatic carbocycles. The van der Waals surface area contributed by atoms with Crippen LogP contribution < -0.4 is 10.2 Å². The molecule has 5 nitrogen and oxygen atoms in total. The molecular weight excluding hydrogens is 346 g/mol. The number of carbonyl (C=O) groups is 1. The summed E-state index contributed by atoms with van der Waals surface area (Å²) < 4.78 is 6.96. The van der Waals surface area contributed by atoms with Gasteiger partial charge in [0.25, 0.3) is 0 Å². The second kappa shape index (κ2) is 8.35. The van der Waals surface area contributed by atoms with Crippen LogP contribution in [0.4, 0.5) is 5.13 Å². The fraction of sp³-hybridized carbons (Fsp3) is 0.600. The van der Waals surface area contributed by atoms with Gasteiger partial charge in [-0.1, -0.05) is 23.5 Å². The Hall–Kier alpha value is -1.66. The molecule has 2 aliphatic rings. The van der Waals surface area contributed by atoms with Crippen molar-refractivity contribution in [1.29, 1.82) is 0 Å². The molecular formula is C20H27N3O2S. The van der Waals surface area contributed by atoms with Gasteiger partial charge in [0.05, 0.1) is 16.3 Å². The van der Waals surface area contributed by atoms with E-state index in [-0.39, 0.29) is 11.8 Å². The standard InChI is InChI=1S/C20H27N3O2S/c24-19(21-11-8-16-5-3-4-14-25-16)15-9-12-23(13-10-15)20-22-17-6-1-2-7-18(17)26-20/h1-2,6-7,15-16H,3-5,8-14H2,(H,21,24). The maximum absolute atomic E-state index is 12.4. The number of para-hydroxylation sites is 1. The number of piperidine rings is 1. The van der Waals surface area contributed by atoms with Crippen LogP contribution in [0.25, 0.3) is 10.2 Å². The minimum Gasteiger partial charge on any atom is -0.378 e. The number of anilines is 1. The summed E-state index contributed by atoms with van der Waals surface area (Å²) in [4.78, 5) is 19.5. The first-order valence-electron chi connectivity index (χ1n) is 9.79. The van der Waals surface area contributed by atoms with Gasteiger partial charge in [0.2, 0.25) is 5.91 Å². The molecule has 140 valence electrons. The largest absolute Gasteiger partial charge is 0.378 e. The van der Waals surface area contributed by atoms with E-state index in [0.29, 0.717) is 6.10 Å². The number of benzene rings is 1. The molecule has 0 bridgehead atoms. The zero-order valence-corrected chi connectivity index (χ0v) is 16.0. The summed E-state index contributed by atoms with van der Waals surface area (Å²) in [6.45, 7) is 3.43. The van der Waals surface area contributed by atoms with Crippen LogP contribution in [-0.4, -0.2) is 43.2 Å². The van der Waals surface area contributed by atoms with E-state index in [1.165, 1.54) is 17.5 Å². The molecule has 2 fully saturated rings. The van der Waals surface area contributed by atoms with Crippen LogP contribution in [0.3, 0.4) is 0 Å². The van der Waals surface area contributed by atoms with Crippen molar-refractivity contribution in [3.63, 3.8) is 0 Å². The fourth-order valence-corrected chi connectivity index (χ4v) is 4.88. The normalized spacial score (nSPS) is 21.8. The van der Waals surface area contributed by atoms with Crippen molar-refractivity contribution in [3.8, 4) is 0 Å². The Kier molecular flexibility index (Phi) is 5.70. The number of amides is 1. The number of nitrogens with zero attached hydrogens (tertiary/aromatic N) is 2. The van der Waals surface area contributed by atoms with Crippen LogP contribution in [0.1, 0.15) is 38.5 Å². The number of hydrogen-bond acceptors (Lipinski definition) is 5. The number of hydrogen-bond donors (Lipinski definition) is 1. The molecule has 1 atom stereocenters. The van der Waals surface area contributed by atoms with Crippen LogP contribution in [0, 0.1) is 5.92 Å². The number of rotatable bonds is 5. The molecule has 0 radical (unpaired) electrons. The number of thiazole rings is 1. The lowest BCUT2D eigenvalue weighted by Crippen LogP contribution is -2.41. The summed E-state index contributed by atoms with van der Waals surface area (Å²) in [6.07, 6.45) is 6.65. The summed E-state index contributed by atoms with van der Waals surface area (Å²) in [5.74, 6) is 0.345. The molecule has 2 saturated heterocycles. The molecule has 3 heterocycles. The molecule has 4 rings (SSSR count). The van der Waals surface area contributed by atoms with E-state index in [2.05, 4.69) is 28.4 Å². The number of nitrogens with one attached hydrogen (secondary N) is 1. The van der Waals surface area contributed by atoms with Gasteiger partial charge in [0.1, 0.15) is 0 Å². The van der Waals surface area contributed by atoms with Gasteiger partial charge >= 0.3 is 0 Å². The van der Waals surface area contributed by atoms with Crippen molar-refractivity contribution in [2.24, 2.45) is 5.92 Å². The molecule has 0 saturated carbocycles. The van der Waals surface area contributed by atoms with E-state index in [4.69, 9.17) is 9.72 Å².